The number of fused-ring (bicyclic) bond motifs is 2. The number of aromatic nitrogens is 5. The van der Waals surface area contributed by atoms with E-state index in [9.17, 15) is 4.79 Å². The highest BCUT2D eigenvalue weighted by molar-refractivity contribution is 6.31. The highest BCUT2D eigenvalue weighted by atomic mass is 35.5. The van der Waals surface area contributed by atoms with Crippen molar-refractivity contribution >= 4 is 23.0 Å². The van der Waals surface area contributed by atoms with Crippen molar-refractivity contribution < 1.29 is 4.79 Å². The van der Waals surface area contributed by atoms with E-state index in [2.05, 4.69) is 15.4 Å². The molecule has 0 saturated carbocycles. The second kappa shape index (κ2) is 6.70. The zero-order chi connectivity index (χ0) is 20.1. The second-order valence-electron chi connectivity index (χ2n) is 7.35. The van der Waals surface area contributed by atoms with Crippen molar-refractivity contribution in [1.29, 1.82) is 0 Å². The number of benzene rings is 1. The second-order valence-corrected chi connectivity index (χ2v) is 7.75. The van der Waals surface area contributed by atoms with Gasteiger partial charge in [-0.2, -0.15) is 5.10 Å². The van der Waals surface area contributed by atoms with Crippen LogP contribution in [0.2, 0.25) is 5.02 Å². The number of carbonyl (C=O) groups is 1. The molecule has 1 amide bonds. The van der Waals surface area contributed by atoms with Crippen LogP contribution in [-0.2, 0) is 20.0 Å². The fourth-order valence-corrected chi connectivity index (χ4v) is 4.29. The Balaban J connectivity index is 1.53. The summed E-state index contributed by atoms with van der Waals surface area (Å²) in [6.07, 6.45) is 4.17. The lowest BCUT2D eigenvalue weighted by atomic mass is 10.0. The Morgan fingerprint density at radius 2 is 2.00 bits per heavy atom. The Hall–Kier alpha value is -3.19. The average Bonchev–Trinajstić information content (AvgIpc) is 3.34. The summed E-state index contributed by atoms with van der Waals surface area (Å²) < 4.78 is 3.53. The lowest BCUT2D eigenvalue weighted by Gasteiger charge is -2.26. The molecule has 0 spiro atoms. The summed E-state index contributed by atoms with van der Waals surface area (Å²) >= 11 is 6.36. The van der Waals surface area contributed by atoms with Gasteiger partial charge < -0.3 is 4.90 Å². The van der Waals surface area contributed by atoms with Gasteiger partial charge in [-0.25, -0.2) is 4.52 Å². The first-order chi connectivity index (χ1) is 14.0. The molecule has 0 saturated heterocycles. The topological polar surface area (TPSA) is 68.3 Å². The predicted molar refractivity (Wildman–Crippen MR) is 109 cm³/mol. The van der Waals surface area contributed by atoms with E-state index in [4.69, 9.17) is 11.6 Å². The van der Waals surface area contributed by atoms with Gasteiger partial charge in [-0.3, -0.25) is 9.48 Å². The normalized spacial score (nSPS) is 16.0. The number of pyridine rings is 1. The van der Waals surface area contributed by atoms with Gasteiger partial charge in [-0.15, -0.1) is 5.10 Å². The first-order valence-corrected chi connectivity index (χ1v) is 9.77. The molecule has 146 valence electrons. The third kappa shape index (κ3) is 2.89. The van der Waals surface area contributed by atoms with Gasteiger partial charge in [0.05, 0.1) is 34.2 Å². The van der Waals surface area contributed by atoms with Gasteiger partial charge in [0, 0.05) is 31.8 Å². The Morgan fingerprint density at radius 1 is 1.17 bits per heavy atom. The summed E-state index contributed by atoms with van der Waals surface area (Å²) in [7, 11) is 1.87. The molecule has 3 aromatic heterocycles. The Bertz CT molecular complexity index is 1220. The molecule has 0 aliphatic carbocycles. The molecule has 1 atom stereocenters. The highest BCUT2D eigenvalue weighted by Crippen LogP contribution is 2.38. The van der Waals surface area contributed by atoms with Crippen LogP contribution in [0.25, 0.3) is 5.52 Å². The van der Waals surface area contributed by atoms with Gasteiger partial charge in [-0.1, -0.05) is 41.1 Å². The molecular formula is C21H19ClN6O. The number of halogens is 1. The number of nitrogens with zero attached hydrogens (tertiary/aromatic N) is 6. The van der Waals surface area contributed by atoms with Gasteiger partial charge in [0.25, 0.3) is 5.91 Å². The van der Waals surface area contributed by atoms with E-state index in [1.54, 1.807) is 15.4 Å². The maximum absolute atomic E-state index is 13.2. The molecule has 1 aliphatic heterocycles. The molecular weight excluding hydrogens is 388 g/mol. The van der Waals surface area contributed by atoms with Crippen LogP contribution in [-0.4, -0.2) is 35.4 Å². The summed E-state index contributed by atoms with van der Waals surface area (Å²) in [5, 5.41) is 13.1. The summed E-state index contributed by atoms with van der Waals surface area (Å²) in [6.45, 7) is 2.40. The minimum absolute atomic E-state index is 0.0266. The van der Waals surface area contributed by atoms with E-state index >= 15 is 0 Å². The quantitative estimate of drug-likeness (QED) is 0.521. The summed E-state index contributed by atoms with van der Waals surface area (Å²) in [5.74, 6) is 0.0266. The van der Waals surface area contributed by atoms with Crippen molar-refractivity contribution in [3.8, 4) is 0 Å². The van der Waals surface area contributed by atoms with Gasteiger partial charge in [0.2, 0.25) is 0 Å². The third-order valence-electron chi connectivity index (χ3n) is 5.59. The van der Waals surface area contributed by atoms with E-state index in [0.717, 1.165) is 33.6 Å². The van der Waals surface area contributed by atoms with Crippen LogP contribution in [0.15, 0.2) is 48.8 Å². The smallest absolute Gasteiger partial charge is 0.255 e. The summed E-state index contributed by atoms with van der Waals surface area (Å²) in [4.78, 5) is 15.1. The van der Waals surface area contributed by atoms with Crippen LogP contribution in [0.5, 0.6) is 0 Å². The molecule has 0 N–H and O–H groups in total. The molecule has 0 fully saturated rings. The van der Waals surface area contributed by atoms with E-state index in [0.29, 0.717) is 18.0 Å². The van der Waals surface area contributed by atoms with Gasteiger partial charge in [-0.05, 0) is 30.2 Å². The maximum Gasteiger partial charge on any atom is 0.255 e. The monoisotopic (exact) mass is 406 g/mol. The number of carbonyl (C=O) groups excluding carboxylic acids is 1. The van der Waals surface area contributed by atoms with Gasteiger partial charge in [0.1, 0.15) is 0 Å². The third-order valence-corrected chi connectivity index (χ3v) is 5.91. The number of hydrogen-bond acceptors (Lipinski definition) is 4. The lowest BCUT2D eigenvalue weighted by Crippen LogP contribution is -2.29. The first-order valence-electron chi connectivity index (χ1n) is 9.39. The Morgan fingerprint density at radius 3 is 2.79 bits per heavy atom. The van der Waals surface area contributed by atoms with Crippen LogP contribution in [0.3, 0.4) is 0 Å². The molecule has 8 heteroatoms. The minimum Gasteiger partial charge on any atom is -0.327 e. The SMILES string of the molecule is Cc1nnn2cc(CN3C(=O)c4ccccc4C3Cc3c(Cl)cnn3C)ccc12. The van der Waals surface area contributed by atoms with Crippen molar-refractivity contribution in [2.75, 3.05) is 0 Å². The van der Waals surface area contributed by atoms with E-state index < -0.39 is 0 Å². The molecule has 0 radical (unpaired) electrons. The average molecular weight is 407 g/mol. The molecule has 4 heterocycles. The highest BCUT2D eigenvalue weighted by Gasteiger charge is 2.37. The molecule has 1 aromatic carbocycles. The van der Waals surface area contributed by atoms with Crippen molar-refractivity contribution in [2.45, 2.75) is 25.9 Å². The molecule has 1 aliphatic rings. The maximum atomic E-state index is 13.2. The molecule has 29 heavy (non-hydrogen) atoms. The Labute approximate surface area is 172 Å². The Kier molecular flexibility index (Phi) is 4.13. The van der Waals surface area contributed by atoms with Crippen LogP contribution in [0, 0.1) is 6.92 Å². The lowest BCUT2D eigenvalue weighted by molar-refractivity contribution is 0.0707. The number of aryl methyl sites for hydroxylation is 2. The zero-order valence-electron chi connectivity index (χ0n) is 16.1. The largest absolute Gasteiger partial charge is 0.327 e. The molecule has 0 bridgehead atoms. The summed E-state index contributed by atoms with van der Waals surface area (Å²) in [6, 6.07) is 11.7. The number of rotatable bonds is 4. The zero-order valence-corrected chi connectivity index (χ0v) is 16.8. The van der Waals surface area contributed by atoms with Gasteiger partial charge >= 0.3 is 0 Å². The van der Waals surface area contributed by atoms with Crippen LogP contribution < -0.4 is 0 Å². The van der Waals surface area contributed by atoms with Crippen LogP contribution >= 0.6 is 11.6 Å². The molecule has 4 aromatic rings. The van der Waals surface area contributed by atoms with Crippen LogP contribution in [0.1, 0.15) is 38.9 Å². The number of amides is 1. The fraction of sp³-hybridized carbons (Fsp3) is 0.238. The van der Waals surface area contributed by atoms with E-state index in [-0.39, 0.29) is 11.9 Å². The molecule has 5 rings (SSSR count). The van der Waals surface area contributed by atoms with E-state index in [1.165, 1.54) is 0 Å². The van der Waals surface area contributed by atoms with Crippen molar-refractivity contribution in [2.24, 2.45) is 7.05 Å². The van der Waals surface area contributed by atoms with E-state index in [1.807, 2.05) is 61.5 Å². The predicted octanol–water partition coefficient (Wildman–Crippen LogP) is 3.36. The van der Waals surface area contributed by atoms with Crippen molar-refractivity contribution in [3.05, 3.63) is 81.9 Å². The minimum atomic E-state index is -0.111. The van der Waals surface area contributed by atoms with Crippen molar-refractivity contribution in [3.63, 3.8) is 0 Å². The molecule has 7 nitrogen and oxygen atoms in total. The van der Waals surface area contributed by atoms with Crippen LogP contribution in [0.4, 0.5) is 0 Å². The first kappa shape index (κ1) is 17.9. The standard InChI is InChI=1S/C21H19ClN6O/c1-13-18-8-7-14(12-28(18)25-24-13)11-27-19(9-20-17(22)10-23-26(20)2)15-5-3-4-6-16(15)21(27)29/h3-8,10,12,19H,9,11H2,1-2H3. The fourth-order valence-electron chi connectivity index (χ4n) is 4.05. The summed E-state index contributed by atoms with van der Waals surface area (Å²) in [5.41, 5.74) is 5.51. The van der Waals surface area contributed by atoms with Crippen molar-refractivity contribution in [1.82, 2.24) is 29.5 Å². The van der Waals surface area contributed by atoms with Gasteiger partial charge in [0.15, 0.2) is 0 Å². The number of hydrogen-bond donors (Lipinski definition) is 0. The molecule has 1 unspecified atom stereocenters.